The first kappa shape index (κ1) is 15.6. The number of nitrogens with zero attached hydrogens (tertiary/aromatic N) is 2. The largest absolute Gasteiger partial charge is 0.377 e. The Hall–Kier alpha value is -1.95. The lowest BCUT2D eigenvalue weighted by molar-refractivity contribution is -0.118. The fourth-order valence-corrected chi connectivity index (χ4v) is 4.28. The minimum Gasteiger partial charge on any atom is -0.377 e. The van der Waals surface area contributed by atoms with E-state index in [9.17, 15) is 4.79 Å². The van der Waals surface area contributed by atoms with Crippen molar-refractivity contribution in [2.75, 3.05) is 11.9 Å². The Kier molecular flexibility index (Phi) is 3.79. The van der Waals surface area contributed by atoms with Crippen molar-refractivity contribution in [2.45, 2.75) is 58.5 Å². The summed E-state index contributed by atoms with van der Waals surface area (Å²) in [6.07, 6.45) is 8.03. The predicted molar refractivity (Wildman–Crippen MR) is 91.9 cm³/mol. The molecule has 0 aromatic carbocycles. The molecule has 6 heteroatoms. The number of H-pyrrole nitrogens is 1. The molecule has 2 aromatic rings. The summed E-state index contributed by atoms with van der Waals surface area (Å²) in [6.45, 7) is 4.83. The Bertz CT molecular complexity index is 777. The van der Waals surface area contributed by atoms with Crippen LogP contribution in [0.4, 0.5) is 5.82 Å². The molecular formula is C18H24N4O2. The molecule has 24 heavy (non-hydrogen) atoms. The number of anilines is 1. The number of ether oxygens (including phenoxy) is 1. The van der Waals surface area contributed by atoms with Crippen LogP contribution in [0, 0.1) is 19.3 Å². The number of fused-ring (bicyclic) bond motifs is 1. The van der Waals surface area contributed by atoms with Gasteiger partial charge >= 0.3 is 0 Å². The summed E-state index contributed by atoms with van der Waals surface area (Å²) in [5.74, 6) is 0.550. The van der Waals surface area contributed by atoms with Crippen LogP contribution >= 0.6 is 0 Å². The minimum absolute atomic E-state index is 0.0340. The normalized spacial score (nSPS) is 22.5. The standard InChI is InChI=1S/C18H24N4O2/c1-11-12(2)21-16-15(11)17(20-10-19-16)22-14(23)7-13-8-18(9-24-13)5-3-4-6-18/h10,13H,3-9H2,1-2H3,(H2,19,20,21,22,23). The fraction of sp³-hybridized carbons (Fsp3) is 0.611. The van der Waals surface area contributed by atoms with E-state index in [0.29, 0.717) is 17.7 Å². The fourth-order valence-electron chi connectivity index (χ4n) is 4.28. The number of hydrogen-bond donors (Lipinski definition) is 2. The van der Waals surface area contributed by atoms with Crippen molar-refractivity contribution in [1.29, 1.82) is 0 Å². The first-order valence-electron chi connectivity index (χ1n) is 8.78. The van der Waals surface area contributed by atoms with E-state index in [2.05, 4.69) is 20.3 Å². The van der Waals surface area contributed by atoms with E-state index in [1.165, 1.54) is 32.0 Å². The van der Waals surface area contributed by atoms with Crippen molar-refractivity contribution in [3.8, 4) is 0 Å². The van der Waals surface area contributed by atoms with Crippen molar-refractivity contribution in [1.82, 2.24) is 15.0 Å². The van der Waals surface area contributed by atoms with Gasteiger partial charge in [0.1, 0.15) is 17.8 Å². The van der Waals surface area contributed by atoms with Crippen LogP contribution in [0.5, 0.6) is 0 Å². The lowest BCUT2D eigenvalue weighted by Crippen LogP contribution is -2.21. The van der Waals surface area contributed by atoms with Crippen molar-refractivity contribution in [2.24, 2.45) is 5.41 Å². The molecule has 1 aliphatic heterocycles. The third-order valence-corrected chi connectivity index (χ3v) is 5.71. The second-order valence-corrected chi connectivity index (χ2v) is 7.42. The zero-order valence-corrected chi connectivity index (χ0v) is 14.3. The molecule has 1 amide bonds. The van der Waals surface area contributed by atoms with Crippen LogP contribution in [-0.2, 0) is 9.53 Å². The highest BCUT2D eigenvalue weighted by Crippen LogP contribution is 2.47. The third-order valence-electron chi connectivity index (χ3n) is 5.71. The number of aromatic nitrogens is 3. The summed E-state index contributed by atoms with van der Waals surface area (Å²) in [5, 5.41) is 3.85. The Morgan fingerprint density at radius 2 is 2.17 bits per heavy atom. The number of aromatic amines is 1. The number of aryl methyl sites for hydroxylation is 2. The van der Waals surface area contributed by atoms with Gasteiger partial charge < -0.3 is 15.0 Å². The van der Waals surface area contributed by atoms with Gasteiger partial charge in [-0.25, -0.2) is 9.97 Å². The molecule has 1 saturated carbocycles. The van der Waals surface area contributed by atoms with Gasteiger partial charge in [-0.15, -0.1) is 0 Å². The molecule has 2 N–H and O–H groups in total. The third kappa shape index (κ3) is 2.69. The van der Waals surface area contributed by atoms with E-state index >= 15 is 0 Å². The average molecular weight is 328 g/mol. The molecule has 1 aliphatic carbocycles. The van der Waals surface area contributed by atoms with E-state index in [1.54, 1.807) is 0 Å². The predicted octanol–water partition coefficient (Wildman–Crippen LogP) is 3.25. The van der Waals surface area contributed by atoms with Crippen LogP contribution in [0.2, 0.25) is 0 Å². The van der Waals surface area contributed by atoms with Gasteiger partial charge in [-0.2, -0.15) is 0 Å². The minimum atomic E-state index is -0.0340. The Morgan fingerprint density at radius 1 is 1.38 bits per heavy atom. The van der Waals surface area contributed by atoms with Crippen molar-refractivity contribution in [3.05, 3.63) is 17.6 Å². The Labute approximate surface area is 141 Å². The highest BCUT2D eigenvalue weighted by molar-refractivity contribution is 6.00. The molecular weight excluding hydrogens is 304 g/mol. The summed E-state index contributed by atoms with van der Waals surface area (Å²) in [7, 11) is 0. The molecule has 4 rings (SSSR count). The molecule has 2 fully saturated rings. The number of carbonyl (C=O) groups is 1. The number of amides is 1. The maximum atomic E-state index is 12.5. The molecule has 128 valence electrons. The van der Waals surface area contributed by atoms with Crippen molar-refractivity contribution < 1.29 is 9.53 Å². The molecule has 2 aliphatic rings. The monoisotopic (exact) mass is 328 g/mol. The lowest BCUT2D eigenvalue weighted by Gasteiger charge is -2.19. The molecule has 6 nitrogen and oxygen atoms in total. The second kappa shape index (κ2) is 5.84. The van der Waals surface area contributed by atoms with E-state index in [4.69, 9.17) is 4.74 Å². The van der Waals surface area contributed by atoms with Crippen molar-refractivity contribution >= 4 is 22.8 Å². The zero-order valence-electron chi connectivity index (χ0n) is 14.3. The summed E-state index contributed by atoms with van der Waals surface area (Å²) in [6, 6.07) is 0. The van der Waals surface area contributed by atoms with Crippen molar-refractivity contribution in [3.63, 3.8) is 0 Å². The first-order valence-corrected chi connectivity index (χ1v) is 8.78. The number of carbonyl (C=O) groups excluding carboxylic acids is 1. The molecule has 0 bridgehead atoms. The van der Waals surface area contributed by atoms with E-state index in [0.717, 1.165) is 35.3 Å². The van der Waals surface area contributed by atoms with Crippen LogP contribution in [-0.4, -0.2) is 33.6 Å². The molecule has 1 saturated heterocycles. The van der Waals surface area contributed by atoms with Crippen LogP contribution < -0.4 is 5.32 Å². The van der Waals surface area contributed by atoms with Gasteiger partial charge in [-0.1, -0.05) is 12.8 Å². The topological polar surface area (TPSA) is 79.9 Å². The molecule has 0 radical (unpaired) electrons. The van der Waals surface area contributed by atoms with Gasteiger partial charge in [0, 0.05) is 5.69 Å². The van der Waals surface area contributed by atoms with E-state index < -0.39 is 0 Å². The van der Waals surface area contributed by atoms with Crippen LogP contribution in [0.15, 0.2) is 6.33 Å². The second-order valence-electron chi connectivity index (χ2n) is 7.42. The molecule has 1 spiro atoms. The van der Waals surface area contributed by atoms with Crippen LogP contribution in [0.25, 0.3) is 11.0 Å². The highest BCUT2D eigenvalue weighted by Gasteiger charge is 2.42. The van der Waals surface area contributed by atoms with Gasteiger partial charge in [0.25, 0.3) is 0 Å². The van der Waals surface area contributed by atoms with Crippen LogP contribution in [0.1, 0.15) is 49.8 Å². The number of rotatable bonds is 3. The van der Waals surface area contributed by atoms with Gasteiger partial charge in [0.2, 0.25) is 5.91 Å². The van der Waals surface area contributed by atoms with Gasteiger partial charge in [0.15, 0.2) is 0 Å². The van der Waals surface area contributed by atoms with Gasteiger partial charge in [-0.05, 0) is 44.1 Å². The summed E-state index contributed by atoms with van der Waals surface area (Å²) >= 11 is 0. The zero-order chi connectivity index (χ0) is 16.7. The maximum absolute atomic E-state index is 12.5. The van der Waals surface area contributed by atoms with Gasteiger partial charge in [-0.3, -0.25) is 4.79 Å². The average Bonchev–Trinajstić information content (AvgIpc) is 3.23. The summed E-state index contributed by atoms with van der Waals surface area (Å²) < 4.78 is 5.91. The lowest BCUT2D eigenvalue weighted by atomic mass is 9.83. The first-order chi connectivity index (χ1) is 11.6. The Balaban J connectivity index is 1.45. The van der Waals surface area contributed by atoms with Crippen LogP contribution in [0.3, 0.4) is 0 Å². The maximum Gasteiger partial charge on any atom is 0.228 e. The van der Waals surface area contributed by atoms with E-state index in [-0.39, 0.29) is 12.0 Å². The number of nitrogens with one attached hydrogen (secondary N) is 2. The molecule has 1 unspecified atom stereocenters. The molecule has 1 atom stereocenters. The van der Waals surface area contributed by atoms with E-state index in [1.807, 2.05) is 13.8 Å². The number of hydrogen-bond acceptors (Lipinski definition) is 4. The summed E-state index contributed by atoms with van der Waals surface area (Å²) in [5.41, 5.74) is 3.23. The summed E-state index contributed by atoms with van der Waals surface area (Å²) in [4.78, 5) is 24.2. The smallest absolute Gasteiger partial charge is 0.228 e. The SMILES string of the molecule is Cc1[nH]c2ncnc(NC(=O)CC3CC4(CCCC4)CO3)c2c1C. The quantitative estimate of drug-likeness (QED) is 0.906. The Morgan fingerprint density at radius 3 is 2.96 bits per heavy atom. The molecule has 3 heterocycles. The van der Waals surface area contributed by atoms with Gasteiger partial charge in [0.05, 0.1) is 24.5 Å². The highest BCUT2D eigenvalue weighted by atomic mass is 16.5. The molecule has 2 aromatic heterocycles.